The summed E-state index contributed by atoms with van der Waals surface area (Å²) in [7, 11) is -3.84. The van der Waals surface area contributed by atoms with E-state index in [0.717, 1.165) is 0 Å². The summed E-state index contributed by atoms with van der Waals surface area (Å²) < 4.78 is 39.1. The van der Waals surface area contributed by atoms with Gasteiger partial charge >= 0.3 is 0 Å². The molecule has 0 fully saturated rings. The van der Waals surface area contributed by atoms with E-state index < -0.39 is 10.0 Å². The van der Waals surface area contributed by atoms with Crippen molar-refractivity contribution < 1.29 is 22.7 Å². The van der Waals surface area contributed by atoms with Crippen LogP contribution in [0.4, 0.5) is 11.4 Å². The molecule has 0 bridgehead atoms. The SMILES string of the molecule is Cc1cc(S(=O)(=O)Nc2ccc3c(c2)OCCO3)ccc1NC(=O)c1ccc(Cl)cc1. The number of benzene rings is 3. The van der Waals surface area contributed by atoms with Crippen molar-refractivity contribution in [3.63, 3.8) is 0 Å². The number of anilines is 2. The fraction of sp³-hybridized carbons (Fsp3) is 0.136. The normalized spacial score (nSPS) is 12.8. The molecule has 0 aromatic heterocycles. The minimum absolute atomic E-state index is 0.0735. The lowest BCUT2D eigenvalue weighted by Crippen LogP contribution is -2.17. The Bertz CT molecular complexity index is 1240. The molecular formula is C22H19ClN2O5S. The molecular weight excluding hydrogens is 440 g/mol. The summed E-state index contributed by atoms with van der Waals surface area (Å²) in [6.45, 7) is 2.59. The van der Waals surface area contributed by atoms with Gasteiger partial charge in [-0.2, -0.15) is 0 Å². The zero-order chi connectivity index (χ0) is 22.0. The first kappa shape index (κ1) is 21.0. The summed E-state index contributed by atoms with van der Waals surface area (Å²) >= 11 is 5.85. The summed E-state index contributed by atoms with van der Waals surface area (Å²) in [4.78, 5) is 12.5. The Hall–Kier alpha value is -3.23. The molecule has 3 aromatic carbocycles. The molecule has 1 aliphatic heterocycles. The Balaban J connectivity index is 1.51. The number of ether oxygens (including phenoxy) is 2. The number of rotatable bonds is 5. The predicted molar refractivity (Wildman–Crippen MR) is 119 cm³/mol. The van der Waals surface area contributed by atoms with Crippen LogP contribution in [-0.2, 0) is 10.0 Å². The van der Waals surface area contributed by atoms with Crippen LogP contribution in [0.1, 0.15) is 15.9 Å². The zero-order valence-corrected chi connectivity index (χ0v) is 18.1. The van der Waals surface area contributed by atoms with E-state index in [1.54, 1.807) is 55.5 Å². The maximum atomic E-state index is 12.8. The van der Waals surface area contributed by atoms with Crippen LogP contribution in [0.2, 0.25) is 5.02 Å². The highest BCUT2D eigenvalue weighted by atomic mass is 35.5. The number of nitrogens with one attached hydrogen (secondary N) is 2. The van der Waals surface area contributed by atoms with Gasteiger partial charge in [0.25, 0.3) is 15.9 Å². The number of aryl methyl sites for hydroxylation is 1. The summed E-state index contributed by atoms with van der Waals surface area (Å²) in [6.07, 6.45) is 0. The number of hydrogen-bond acceptors (Lipinski definition) is 5. The van der Waals surface area contributed by atoms with E-state index in [2.05, 4.69) is 10.0 Å². The van der Waals surface area contributed by atoms with Gasteiger partial charge in [0.05, 0.1) is 10.6 Å². The number of hydrogen-bond donors (Lipinski definition) is 2. The molecule has 31 heavy (non-hydrogen) atoms. The van der Waals surface area contributed by atoms with Crippen LogP contribution < -0.4 is 19.5 Å². The van der Waals surface area contributed by atoms with Gasteiger partial charge in [0.15, 0.2) is 11.5 Å². The van der Waals surface area contributed by atoms with Crippen molar-refractivity contribution in [2.75, 3.05) is 23.3 Å². The second-order valence-corrected chi connectivity index (χ2v) is 9.02. The van der Waals surface area contributed by atoms with Crippen molar-refractivity contribution in [2.45, 2.75) is 11.8 Å². The highest BCUT2D eigenvalue weighted by Gasteiger charge is 2.18. The van der Waals surface area contributed by atoms with Gasteiger partial charge in [0, 0.05) is 22.3 Å². The molecule has 4 rings (SSSR count). The monoisotopic (exact) mass is 458 g/mol. The summed E-state index contributed by atoms with van der Waals surface area (Å²) in [5.74, 6) is 0.749. The van der Waals surface area contributed by atoms with Crippen molar-refractivity contribution in [1.29, 1.82) is 0 Å². The molecule has 0 spiro atoms. The van der Waals surface area contributed by atoms with Crippen LogP contribution in [0.3, 0.4) is 0 Å². The molecule has 1 amide bonds. The van der Waals surface area contributed by atoms with E-state index in [9.17, 15) is 13.2 Å². The second-order valence-electron chi connectivity index (χ2n) is 6.90. The first-order chi connectivity index (χ1) is 14.8. The van der Waals surface area contributed by atoms with Crippen molar-refractivity contribution >= 4 is 38.9 Å². The Morgan fingerprint density at radius 3 is 2.35 bits per heavy atom. The molecule has 0 saturated heterocycles. The molecule has 0 unspecified atom stereocenters. The first-order valence-corrected chi connectivity index (χ1v) is 11.3. The average Bonchev–Trinajstić information content (AvgIpc) is 2.75. The van der Waals surface area contributed by atoms with Gasteiger partial charge in [0.1, 0.15) is 13.2 Å². The van der Waals surface area contributed by atoms with Gasteiger partial charge in [-0.25, -0.2) is 8.42 Å². The van der Waals surface area contributed by atoms with E-state index in [4.69, 9.17) is 21.1 Å². The lowest BCUT2D eigenvalue weighted by Gasteiger charge is -2.19. The van der Waals surface area contributed by atoms with E-state index in [0.29, 0.717) is 52.2 Å². The van der Waals surface area contributed by atoms with Gasteiger partial charge in [-0.05, 0) is 67.1 Å². The van der Waals surface area contributed by atoms with Crippen LogP contribution in [0.5, 0.6) is 11.5 Å². The van der Waals surface area contributed by atoms with Crippen LogP contribution in [-0.4, -0.2) is 27.5 Å². The van der Waals surface area contributed by atoms with Gasteiger partial charge < -0.3 is 14.8 Å². The molecule has 0 radical (unpaired) electrons. The summed E-state index contributed by atoms with van der Waals surface area (Å²) in [6, 6.07) is 15.8. The standard InChI is InChI=1S/C22H19ClN2O5S/c1-14-12-18(7-8-19(14)24-22(26)15-2-4-16(23)5-3-15)31(27,28)25-17-6-9-20-21(13-17)30-11-10-29-20/h2-9,12-13,25H,10-11H2,1H3,(H,24,26). The fourth-order valence-corrected chi connectivity index (χ4v) is 4.32. The van der Waals surface area contributed by atoms with Crippen LogP contribution in [0, 0.1) is 6.92 Å². The number of carbonyl (C=O) groups is 1. The topological polar surface area (TPSA) is 93.7 Å². The Morgan fingerprint density at radius 2 is 1.65 bits per heavy atom. The van der Waals surface area contributed by atoms with E-state index in [1.807, 2.05) is 0 Å². The molecule has 1 aliphatic rings. The molecule has 7 nitrogen and oxygen atoms in total. The third kappa shape index (κ3) is 4.76. The van der Waals surface area contributed by atoms with Crippen molar-refractivity contribution in [3.8, 4) is 11.5 Å². The zero-order valence-electron chi connectivity index (χ0n) is 16.5. The third-order valence-electron chi connectivity index (χ3n) is 4.66. The lowest BCUT2D eigenvalue weighted by molar-refractivity contribution is 0.102. The van der Waals surface area contributed by atoms with Gasteiger partial charge in [-0.15, -0.1) is 0 Å². The Labute approximate surface area is 185 Å². The molecule has 1 heterocycles. The van der Waals surface area contributed by atoms with Crippen LogP contribution >= 0.6 is 11.6 Å². The number of amides is 1. The van der Waals surface area contributed by atoms with E-state index >= 15 is 0 Å². The molecule has 0 aliphatic carbocycles. The molecule has 160 valence electrons. The highest BCUT2D eigenvalue weighted by Crippen LogP contribution is 2.33. The highest BCUT2D eigenvalue weighted by molar-refractivity contribution is 7.92. The van der Waals surface area contributed by atoms with Gasteiger partial charge in [-0.3, -0.25) is 9.52 Å². The average molecular weight is 459 g/mol. The maximum Gasteiger partial charge on any atom is 0.261 e. The minimum Gasteiger partial charge on any atom is -0.486 e. The van der Waals surface area contributed by atoms with Gasteiger partial charge in [-0.1, -0.05) is 11.6 Å². The Kier molecular flexibility index (Phi) is 5.75. The largest absolute Gasteiger partial charge is 0.486 e. The van der Waals surface area contributed by atoms with Crippen LogP contribution in [0.25, 0.3) is 0 Å². The first-order valence-electron chi connectivity index (χ1n) is 9.42. The number of fused-ring (bicyclic) bond motifs is 1. The van der Waals surface area contributed by atoms with E-state index in [1.165, 1.54) is 12.1 Å². The number of sulfonamides is 1. The number of carbonyl (C=O) groups excluding carboxylic acids is 1. The molecule has 0 atom stereocenters. The van der Waals surface area contributed by atoms with Crippen molar-refractivity contribution in [1.82, 2.24) is 0 Å². The van der Waals surface area contributed by atoms with Crippen molar-refractivity contribution in [3.05, 3.63) is 76.8 Å². The molecule has 2 N–H and O–H groups in total. The summed E-state index contributed by atoms with van der Waals surface area (Å²) in [5.41, 5.74) is 1.92. The summed E-state index contributed by atoms with van der Waals surface area (Å²) in [5, 5.41) is 3.32. The smallest absolute Gasteiger partial charge is 0.261 e. The van der Waals surface area contributed by atoms with E-state index in [-0.39, 0.29) is 10.8 Å². The second kappa shape index (κ2) is 8.49. The minimum atomic E-state index is -3.84. The Morgan fingerprint density at radius 1 is 0.935 bits per heavy atom. The maximum absolute atomic E-state index is 12.8. The molecule has 0 saturated carbocycles. The van der Waals surface area contributed by atoms with Crippen molar-refractivity contribution in [2.24, 2.45) is 0 Å². The molecule has 9 heteroatoms. The predicted octanol–water partition coefficient (Wildman–Crippen LogP) is 4.47. The number of halogens is 1. The van der Waals surface area contributed by atoms with Gasteiger partial charge in [0.2, 0.25) is 0 Å². The fourth-order valence-electron chi connectivity index (χ4n) is 3.06. The lowest BCUT2D eigenvalue weighted by atomic mass is 10.1. The van der Waals surface area contributed by atoms with Crippen LogP contribution in [0.15, 0.2) is 65.6 Å². The quantitative estimate of drug-likeness (QED) is 0.588. The third-order valence-corrected chi connectivity index (χ3v) is 6.29. The molecule has 3 aromatic rings.